The van der Waals surface area contributed by atoms with E-state index in [0.717, 1.165) is 11.8 Å². The molecule has 1 fully saturated rings. The highest BCUT2D eigenvalue weighted by Crippen LogP contribution is 2.59. The van der Waals surface area contributed by atoms with Gasteiger partial charge >= 0.3 is 0 Å². The Labute approximate surface area is 277 Å². The molecule has 0 aliphatic carbocycles. The lowest BCUT2D eigenvalue weighted by Gasteiger charge is -2.47. The van der Waals surface area contributed by atoms with E-state index in [4.69, 9.17) is 39.5 Å². The molecule has 1 spiro atoms. The predicted octanol–water partition coefficient (Wildman–Crippen LogP) is 6.20. The molecule has 1 unspecified atom stereocenters. The number of halogens is 3. The molecule has 2 heterocycles. The number of anilines is 1. The third-order valence-electron chi connectivity index (χ3n) is 8.79. The summed E-state index contributed by atoms with van der Waals surface area (Å²) in [5, 5.41) is 7.20. The summed E-state index contributed by atoms with van der Waals surface area (Å²) in [7, 11) is -3.90. The van der Waals surface area contributed by atoms with Crippen molar-refractivity contribution in [2.75, 3.05) is 11.6 Å². The third kappa shape index (κ3) is 5.89. The molecule has 0 aromatic heterocycles. The molecule has 2 aliphatic heterocycles. The van der Waals surface area contributed by atoms with Gasteiger partial charge in [0.2, 0.25) is 21.8 Å². The first kappa shape index (κ1) is 33.1. The summed E-state index contributed by atoms with van der Waals surface area (Å²) in [4.78, 5) is 41.5. The predicted molar refractivity (Wildman–Crippen MR) is 175 cm³/mol. The number of hydrogen-bond donors (Lipinski definition) is 3. The Morgan fingerprint density at radius 1 is 0.978 bits per heavy atom. The van der Waals surface area contributed by atoms with Crippen LogP contribution in [0.2, 0.25) is 15.1 Å². The fourth-order valence-corrected chi connectivity index (χ4v) is 7.62. The molecule has 2 aliphatic rings. The second-order valence-electron chi connectivity index (χ2n) is 11.5. The van der Waals surface area contributed by atoms with Crippen LogP contribution in [0.25, 0.3) is 0 Å². The van der Waals surface area contributed by atoms with Crippen LogP contribution >= 0.6 is 34.8 Å². The molecule has 0 saturated carbocycles. The summed E-state index contributed by atoms with van der Waals surface area (Å²) < 4.78 is 32.6. The number of sulfonamides is 1. The Balaban J connectivity index is 1.78. The number of piperidine rings is 1. The standard InChI is InChI=1S/C32H32Cl3N3O6S/c1-5-31(6-2,29(40)38-45(4,42)43)44-26-12-10-19(34)14-22(26)24-16-27(39)37-28(21-13-18(33)8-7-17(21)3)32(24)23-11-9-20(35)15-25(23)36-30(32)41/h7-15,24,28H,5-6,16H2,1-4H3,(H,36,41)(H,37,39)(H,38,40)/t24-,28+,32?/m1/s1. The summed E-state index contributed by atoms with van der Waals surface area (Å²) in [6.07, 6.45) is 0.993. The van der Waals surface area contributed by atoms with Gasteiger partial charge in [0.25, 0.3) is 5.91 Å². The average Bonchev–Trinajstić information content (AvgIpc) is 3.24. The topological polar surface area (TPSA) is 131 Å². The van der Waals surface area contributed by atoms with Gasteiger partial charge in [-0.1, -0.05) is 60.8 Å². The van der Waals surface area contributed by atoms with Crippen molar-refractivity contribution in [1.29, 1.82) is 0 Å². The maximum Gasteiger partial charge on any atom is 0.277 e. The number of rotatable bonds is 8. The highest BCUT2D eigenvalue weighted by Gasteiger charge is 2.62. The van der Waals surface area contributed by atoms with Crippen molar-refractivity contribution in [2.24, 2.45) is 0 Å². The number of ether oxygens (including phenoxy) is 1. The Hall–Kier alpha value is -3.31. The van der Waals surface area contributed by atoms with Crippen LogP contribution in [0.4, 0.5) is 5.69 Å². The molecule has 5 rings (SSSR count). The van der Waals surface area contributed by atoms with Gasteiger partial charge in [0.1, 0.15) is 11.2 Å². The first-order valence-corrected chi connectivity index (χ1v) is 17.3. The molecule has 3 aromatic carbocycles. The maximum atomic E-state index is 14.5. The fraction of sp³-hybridized carbons (Fsp3) is 0.344. The second kappa shape index (κ2) is 12.1. The van der Waals surface area contributed by atoms with E-state index >= 15 is 0 Å². The minimum atomic E-state index is -3.90. The Kier molecular flexibility index (Phi) is 8.91. The molecule has 0 bridgehead atoms. The van der Waals surface area contributed by atoms with E-state index in [1.807, 2.05) is 17.7 Å². The van der Waals surface area contributed by atoms with Crippen LogP contribution in [0.15, 0.2) is 54.6 Å². The number of nitrogens with one attached hydrogen (secondary N) is 3. The number of fused-ring (bicyclic) bond motifs is 2. The molecular formula is C32H32Cl3N3O6S. The lowest BCUT2D eigenvalue weighted by molar-refractivity contribution is -0.136. The van der Waals surface area contributed by atoms with Gasteiger partial charge in [-0.25, -0.2) is 13.1 Å². The molecule has 238 valence electrons. The molecule has 13 heteroatoms. The van der Waals surface area contributed by atoms with Gasteiger partial charge in [0, 0.05) is 38.7 Å². The van der Waals surface area contributed by atoms with E-state index in [-0.39, 0.29) is 36.8 Å². The molecule has 3 aromatic rings. The normalized spacial score (nSPS) is 21.2. The average molecular weight is 693 g/mol. The van der Waals surface area contributed by atoms with Gasteiger partial charge in [-0.2, -0.15) is 0 Å². The largest absolute Gasteiger partial charge is 0.477 e. The summed E-state index contributed by atoms with van der Waals surface area (Å²) in [5.74, 6) is -2.23. The van der Waals surface area contributed by atoms with E-state index in [1.54, 1.807) is 62.4 Å². The molecule has 9 nitrogen and oxygen atoms in total. The minimum Gasteiger partial charge on any atom is -0.477 e. The molecule has 3 atom stereocenters. The molecule has 3 amide bonds. The molecular weight excluding hydrogens is 661 g/mol. The Morgan fingerprint density at radius 3 is 2.22 bits per heavy atom. The zero-order valence-electron chi connectivity index (χ0n) is 25.0. The summed E-state index contributed by atoms with van der Waals surface area (Å²) >= 11 is 19.4. The molecule has 1 saturated heterocycles. The van der Waals surface area contributed by atoms with E-state index in [1.165, 1.54) is 0 Å². The highest BCUT2D eigenvalue weighted by atomic mass is 35.5. The Morgan fingerprint density at radius 2 is 1.58 bits per heavy atom. The number of hydrogen-bond acceptors (Lipinski definition) is 6. The van der Waals surface area contributed by atoms with Crippen LogP contribution in [0.5, 0.6) is 5.75 Å². The van der Waals surface area contributed by atoms with E-state index < -0.39 is 38.9 Å². The van der Waals surface area contributed by atoms with Gasteiger partial charge in [0.15, 0.2) is 5.60 Å². The second-order valence-corrected chi connectivity index (χ2v) is 14.5. The highest BCUT2D eigenvalue weighted by molar-refractivity contribution is 7.89. The van der Waals surface area contributed by atoms with Gasteiger partial charge in [0.05, 0.1) is 12.3 Å². The first-order chi connectivity index (χ1) is 21.1. The molecule has 0 radical (unpaired) electrons. The zero-order chi connectivity index (χ0) is 32.9. The van der Waals surface area contributed by atoms with Gasteiger partial charge in [-0.05, 0) is 78.9 Å². The van der Waals surface area contributed by atoms with Crippen LogP contribution < -0.4 is 20.1 Å². The van der Waals surface area contributed by atoms with Crippen LogP contribution in [-0.4, -0.2) is 38.0 Å². The maximum absolute atomic E-state index is 14.5. The molecule has 45 heavy (non-hydrogen) atoms. The fourth-order valence-electron chi connectivity index (χ4n) is 6.56. The van der Waals surface area contributed by atoms with Gasteiger partial charge in [-0.3, -0.25) is 14.4 Å². The summed E-state index contributed by atoms with van der Waals surface area (Å²) in [6, 6.07) is 14.3. The van der Waals surface area contributed by atoms with E-state index in [0.29, 0.717) is 37.4 Å². The lowest BCUT2D eigenvalue weighted by Crippen LogP contribution is -2.57. The van der Waals surface area contributed by atoms with Crippen LogP contribution in [0.3, 0.4) is 0 Å². The van der Waals surface area contributed by atoms with Crippen molar-refractivity contribution in [2.45, 2.75) is 63.0 Å². The van der Waals surface area contributed by atoms with E-state index in [9.17, 15) is 22.8 Å². The monoisotopic (exact) mass is 691 g/mol. The number of aryl methyl sites for hydroxylation is 1. The van der Waals surface area contributed by atoms with Crippen molar-refractivity contribution in [3.63, 3.8) is 0 Å². The first-order valence-electron chi connectivity index (χ1n) is 14.3. The van der Waals surface area contributed by atoms with Crippen LogP contribution in [0.1, 0.15) is 67.3 Å². The Bertz CT molecular complexity index is 1830. The SMILES string of the molecule is CCC(CC)(Oc1ccc(Cl)cc1[C@H]1CC(=O)N[C@@H](c2cc(Cl)ccc2C)C12C(=O)Nc1cc(Cl)ccc12)C(=O)NS(C)(=O)=O. The quantitative estimate of drug-likeness (QED) is 0.258. The third-order valence-corrected chi connectivity index (χ3v) is 10.1. The smallest absolute Gasteiger partial charge is 0.277 e. The van der Waals surface area contributed by atoms with Crippen molar-refractivity contribution in [3.05, 3.63) is 91.9 Å². The van der Waals surface area contributed by atoms with Crippen LogP contribution in [-0.2, 0) is 29.8 Å². The number of benzene rings is 3. The van der Waals surface area contributed by atoms with Gasteiger partial charge < -0.3 is 15.4 Å². The molecule has 3 N–H and O–H groups in total. The summed E-state index contributed by atoms with van der Waals surface area (Å²) in [6.45, 7) is 5.29. The number of carbonyl (C=O) groups is 3. The lowest BCUT2D eigenvalue weighted by atomic mass is 9.59. The number of carbonyl (C=O) groups excluding carboxylic acids is 3. The van der Waals surface area contributed by atoms with Gasteiger partial charge in [-0.15, -0.1) is 0 Å². The van der Waals surface area contributed by atoms with Crippen LogP contribution in [0, 0.1) is 6.92 Å². The summed E-state index contributed by atoms with van der Waals surface area (Å²) in [5.41, 5.74) is -0.0954. The minimum absolute atomic E-state index is 0.120. The van der Waals surface area contributed by atoms with Crippen molar-refractivity contribution in [3.8, 4) is 5.75 Å². The van der Waals surface area contributed by atoms with Crippen molar-refractivity contribution >= 4 is 68.2 Å². The van der Waals surface area contributed by atoms with Crippen molar-refractivity contribution in [1.82, 2.24) is 10.0 Å². The van der Waals surface area contributed by atoms with E-state index in [2.05, 4.69) is 10.6 Å². The van der Waals surface area contributed by atoms with Crippen molar-refractivity contribution < 1.29 is 27.5 Å². The number of amides is 3. The zero-order valence-corrected chi connectivity index (χ0v) is 28.0.